The Hall–Kier alpha value is -3.09. The number of nitrogen functional groups attached to an aromatic ring is 1. The van der Waals surface area contributed by atoms with E-state index in [4.69, 9.17) is 16.2 Å². The van der Waals surface area contributed by atoms with Gasteiger partial charge in [-0.3, -0.25) is 14.7 Å². The lowest BCUT2D eigenvalue weighted by molar-refractivity contribution is -0.525. The summed E-state index contributed by atoms with van der Waals surface area (Å²) >= 11 is 0.843. The highest BCUT2D eigenvalue weighted by atomic mass is 32.1. The number of nitrogens with one attached hydrogen (secondary N) is 3. The summed E-state index contributed by atoms with van der Waals surface area (Å²) in [7, 11) is 0. The maximum absolute atomic E-state index is 14.2. The van der Waals surface area contributed by atoms with Gasteiger partial charge in [0.05, 0.1) is 38.4 Å². The van der Waals surface area contributed by atoms with Crippen LogP contribution in [0.4, 0.5) is 13.8 Å². The third-order valence-corrected chi connectivity index (χ3v) is 6.54. The number of ether oxygens (including phenoxy) is 1. The van der Waals surface area contributed by atoms with Gasteiger partial charge in [0.1, 0.15) is 27.3 Å². The summed E-state index contributed by atoms with van der Waals surface area (Å²) in [6, 6.07) is 3.51. The second kappa shape index (κ2) is 10.9. The van der Waals surface area contributed by atoms with Crippen LogP contribution in [0.2, 0.25) is 0 Å². The van der Waals surface area contributed by atoms with E-state index < -0.39 is 17.5 Å². The Morgan fingerprint density at radius 3 is 2.74 bits per heavy atom. The summed E-state index contributed by atoms with van der Waals surface area (Å²) in [4.78, 5) is 17.2. The number of hydrogen-bond donors (Lipinski definition) is 5. The highest BCUT2D eigenvalue weighted by molar-refractivity contribution is 7.19. The number of nitrogens with zero attached hydrogens (tertiary/aromatic N) is 2. The predicted octanol–water partition coefficient (Wildman–Crippen LogP) is 0.841. The largest absolute Gasteiger partial charge is 0.403 e. The zero-order valence-corrected chi connectivity index (χ0v) is 19.4. The Labute approximate surface area is 199 Å². The smallest absolute Gasteiger partial charge is 0.295 e. The van der Waals surface area contributed by atoms with Gasteiger partial charge in [0.15, 0.2) is 5.69 Å². The summed E-state index contributed by atoms with van der Waals surface area (Å²) in [5, 5.41) is 9.57. The molecule has 12 heteroatoms. The summed E-state index contributed by atoms with van der Waals surface area (Å²) in [5.74, 6) is -1.11. The number of carbonyl (C=O) groups excluding carboxylic acids is 1. The zero-order chi connectivity index (χ0) is 24.1. The molecule has 2 fully saturated rings. The SMILES string of the molecule is N/C=C(/NC(=O)c1nc(-c2c(F)cccc2F)sc1N)C(NCC1COC1)=[N+]1CCCNCC1. The van der Waals surface area contributed by atoms with Crippen LogP contribution in [0.3, 0.4) is 0 Å². The Morgan fingerprint density at radius 1 is 1.29 bits per heavy atom. The van der Waals surface area contributed by atoms with Gasteiger partial charge in [-0.25, -0.2) is 13.8 Å². The molecule has 0 unspecified atom stereocenters. The lowest BCUT2D eigenvalue weighted by Gasteiger charge is -2.25. The first-order chi connectivity index (χ1) is 16.5. The van der Waals surface area contributed by atoms with Crippen LogP contribution in [-0.4, -0.2) is 67.2 Å². The van der Waals surface area contributed by atoms with E-state index in [1.165, 1.54) is 12.3 Å². The fourth-order valence-electron chi connectivity index (χ4n) is 3.76. The van der Waals surface area contributed by atoms with Crippen LogP contribution in [-0.2, 0) is 4.74 Å². The van der Waals surface area contributed by atoms with Gasteiger partial charge in [-0.1, -0.05) is 17.4 Å². The van der Waals surface area contributed by atoms with Crippen molar-refractivity contribution in [3.8, 4) is 10.6 Å². The van der Waals surface area contributed by atoms with Crippen LogP contribution in [0.5, 0.6) is 0 Å². The molecule has 1 aromatic heterocycles. The quantitative estimate of drug-likeness (QED) is 0.298. The molecular formula is C22H28F2N7O2S+. The molecule has 2 aliphatic rings. The van der Waals surface area contributed by atoms with Crippen molar-refractivity contribution in [3.05, 3.63) is 47.4 Å². The topological polar surface area (TPSA) is 130 Å². The molecule has 9 nitrogen and oxygen atoms in total. The first-order valence-corrected chi connectivity index (χ1v) is 11.9. The number of nitrogens with two attached hydrogens (primary N) is 2. The van der Waals surface area contributed by atoms with E-state index in [1.807, 2.05) is 0 Å². The number of amidine groups is 1. The Balaban J connectivity index is 1.58. The number of benzene rings is 1. The van der Waals surface area contributed by atoms with Gasteiger partial charge in [-0.2, -0.15) is 0 Å². The van der Waals surface area contributed by atoms with E-state index in [0.29, 0.717) is 37.2 Å². The number of rotatable bonds is 6. The van der Waals surface area contributed by atoms with E-state index in [2.05, 4.69) is 25.5 Å². The van der Waals surface area contributed by atoms with Gasteiger partial charge < -0.3 is 26.8 Å². The number of carbonyl (C=O) groups is 1. The second-order valence-electron chi connectivity index (χ2n) is 8.09. The molecule has 3 heterocycles. The molecule has 4 rings (SSSR count). The lowest BCUT2D eigenvalue weighted by atomic mass is 10.1. The third kappa shape index (κ3) is 5.34. The zero-order valence-electron chi connectivity index (χ0n) is 18.6. The summed E-state index contributed by atoms with van der Waals surface area (Å²) in [6.07, 6.45) is 2.25. The van der Waals surface area contributed by atoms with E-state index in [-0.39, 0.29) is 21.3 Å². The first kappa shape index (κ1) is 24.0. The molecule has 0 saturated carbocycles. The van der Waals surface area contributed by atoms with Gasteiger partial charge in [0.2, 0.25) is 0 Å². The molecule has 182 valence electrons. The minimum Gasteiger partial charge on any atom is -0.403 e. The molecule has 2 aromatic rings. The average Bonchev–Trinajstić information content (AvgIpc) is 2.97. The van der Waals surface area contributed by atoms with Crippen molar-refractivity contribution < 1.29 is 22.9 Å². The highest BCUT2D eigenvalue weighted by Gasteiger charge is 2.28. The third-order valence-electron chi connectivity index (χ3n) is 5.64. The Morgan fingerprint density at radius 2 is 2.06 bits per heavy atom. The molecule has 7 N–H and O–H groups in total. The monoisotopic (exact) mass is 492 g/mol. The summed E-state index contributed by atoms with van der Waals surface area (Å²) in [5.41, 5.74) is 11.9. The summed E-state index contributed by atoms with van der Waals surface area (Å²) in [6.45, 7) is 5.23. The molecule has 0 bridgehead atoms. The van der Waals surface area contributed by atoms with Crippen molar-refractivity contribution in [3.63, 3.8) is 0 Å². The number of thiazole rings is 1. The van der Waals surface area contributed by atoms with Gasteiger partial charge >= 0.3 is 0 Å². The summed E-state index contributed by atoms with van der Waals surface area (Å²) < 4.78 is 35.8. The second-order valence-corrected chi connectivity index (χ2v) is 9.12. The van der Waals surface area contributed by atoms with E-state index in [9.17, 15) is 13.6 Å². The molecule has 0 aliphatic carbocycles. The van der Waals surface area contributed by atoms with Gasteiger partial charge in [0.25, 0.3) is 11.7 Å². The van der Waals surface area contributed by atoms with Crippen LogP contribution < -0.4 is 27.4 Å². The first-order valence-electron chi connectivity index (χ1n) is 11.1. The van der Waals surface area contributed by atoms with Crippen molar-refractivity contribution in [2.45, 2.75) is 6.42 Å². The minimum absolute atomic E-state index is 0.0116. The van der Waals surface area contributed by atoms with Crippen LogP contribution in [0.1, 0.15) is 16.9 Å². The number of anilines is 1. The number of aromatic nitrogens is 1. The van der Waals surface area contributed by atoms with E-state index in [0.717, 1.165) is 56.1 Å². The highest BCUT2D eigenvalue weighted by Crippen LogP contribution is 2.33. The van der Waals surface area contributed by atoms with Gasteiger partial charge in [0, 0.05) is 18.7 Å². The molecule has 2 aliphatic heterocycles. The van der Waals surface area contributed by atoms with Crippen LogP contribution >= 0.6 is 11.3 Å². The number of hydrogen-bond acceptors (Lipinski definition) is 7. The minimum atomic E-state index is -0.780. The number of halogens is 2. The van der Waals surface area contributed by atoms with E-state index in [1.54, 1.807) is 0 Å². The molecule has 1 amide bonds. The molecule has 0 radical (unpaired) electrons. The molecule has 2 saturated heterocycles. The number of amides is 1. The van der Waals surface area contributed by atoms with Gasteiger partial charge in [-0.05, 0) is 25.1 Å². The maximum Gasteiger partial charge on any atom is 0.295 e. The molecule has 34 heavy (non-hydrogen) atoms. The van der Waals surface area contributed by atoms with Crippen LogP contribution in [0.25, 0.3) is 10.6 Å². The Kier molecular flexibility index (Phi) is 7.70. The Bertz CT molecular complexity index is 1080. The predicted molar refractivity (Wildman–Crippen MR) is 126 cm³/mol. The van der Waals surface area contributed by atoms with E-state index >= 15 is 0 Å². The van der Waals surface area contributed by atoms with Crippen molar-refractivity contribution in [1.29, 1.82) is 0 Å². The fourth-order valence-corrected chi connectivity index (χ4v) is 4.63. The lowest BCUT2D eigenvalue weighted by Crippen LogP contribution is -2.47. The standard InChI is InChI=1S/C22H27F2N7O2S/c23-14-3-1-4-15(24)17(14)22-30-18(19(26)34-22)21(32)29-16(9-25)20(28-10-13-11-33-12-13)31-7-2-5-27-6-8-31/h1,3-4,9,13,27H,2,5-8,10-12H2,(H5,25,26,28,29,32)/p+1. The molecule has 1 aromatic carbocycles. The van der Waals surface area contributed by atoms with Crippen LogP contribution in [0.15, 0.2) is 30.1 Å². The van der Waals surface area contributed by atoms with Crippen molar-refractivity contribution in [2.75, 3.05) is 51.7 Å². The molecule has 0 spiro atoms. The van der Waals surface area contributed by atoms with Crippen LogP contribution in [0, 0.1) is 17.6 Å². The molecular weight excluding hydrogens is 464 g/mol. The van der Waals surface area contributed by atoms with Crippen molar-refractivity contribution in [1.82, 2.24) is 20.9 Å². The fraction of sp³-hybridized carbons (Fsp3) is 0.409. The average molecular weight is 493 g/mol. The van der Waals surface area contributed by atoms with Gasteiger partial charge in [-0.15, -0.1) is 0 Å². The van der Waals surface area contributed by atoms with Crippen molar-refractivity contribution >= 4 is 28.1 Å². The van der Waals surface area contributed by atoms with Crippen molar-refractivity contribution in [2.24, 2.45) is 11.7 Å². The molecule has 0 atom stereocenters. The maximum atomic E-state index is 14.2. The normalized spacial score (nSPS) is 18.7.